The maximum atomic E-state index is 10.7. The van der Waals surface area contributed by atoms with Gasteiger partial charge < -0.3 is 5.11 Å². The van der Waals surface area contributed by atoms with Gasteiger partial charge in [0.1, 0.15) is 5.56 Å². The standard InChI is InChI=1S/C9H10O2/c1-6-3-4-7(2)8(5-6)9(10)11/h3-5H,1-2H3,(H,10,11)/p+1. The van der Waals surface area contributed by atoms with Crippen LogP contribution < -0.4 is 0 Å². The topological polar surface area (TPSA) is 40.0 Å². The highest BCUT2D eigenvalue weighted by Crippen LogP contribution is 2.09. The molecule has 0 heterocycles. The lowest BCUT2D eigenvalue weighted by molar-refractivity contribution is 0.0696. The minimum Gasteiger partial charge on any atom is -0.561 e. The van der Waals surface area contributed by atoms with Gasteiger partial charge in [0.2, 0.25) is 0 Å². The highest BCUT2D eigenvalue weighted by atomic mass is 16.4. The second-order valence-electron chi connectivity index (χ2n) is 2.65. The number of benzene rings is 1. The van der Waals surface area contributed by atoms with Crippen LogP contribution in [0.25, 0.3) is 0 Å². The Labute approximate surface area is 65.5 Å². The third-order valence-corrected chi connectivity index (χ3v) is 1.64. The summed E-state index contributed by atoms with van der Waals surface area (Å²) in [5, 5.41) is 6.92. The van der Waals surface area contributed by atoms with E-state index in [2.05, 4.69) is 0 Å². The van der Waals surface area contributed by atoms with Gasteiger partial charge in [0.15, 0.2) is 0 Å². The second-order valence-corrected chi connectivity index (χ2v) is 2.65. The van der Waals surface area contributed by atoms with Crippen LogP contribution in [0.4, 0.5) is 0 Å². The normalized spacial score (nSPS) is 9.64. The zero-order valence-corrected chi connectivity index (χ0v) is 6.64. The molecular weight excluding hydrogens is 140 g/mol. The summed E-state index contributed by atoms with van der Waals surface area (Å²) in [7, 11) is 0. The Kier molecular flexibility index (Phi) is 1.94. The molecule has 58 valence electrons. The van der Waals surface area contributed by atoms with E-state index in [-0.39, 0.29) is 0 Å². The molecule has 0 atom stereocenters. The first-order valence-electron chi connectivity index (χ1n) is 3.44. The largest absolute Gasteiger partial charge is 0.561 e. The van der Waals surface area contributed by atoms with Crippen LogP contribution in [0.5, 0.6) is 0 Å². The summed E-state index contributed by atoms with van der Waals surface area (Å²) < 4.78 is 0. The van der Waals surface area contributed by atoms with E-state index in [1.807, 2.05) is 26.0 Å². The zero-order valence-electron chi connectivity index (χ0n) is 6.64. The van der Waals surface area contributed by atoms with Gasteiger partial charge in [-0.25, -0.2) is 0 Å². The number of aryl methyl sites for hydroxylation is 2. The second kappa shape index (κ2) is 2.74. The summed E-state index contributed by atoms with van der Waals surface area (Å²) in [6.45, 7) is 3.74. The predicted molar refractivity (Wildman–Crippen MR) is 43.9 cm³/mol. The van der Waals surface area contributed by atoms with Crippen LogP contribution >= 0.6 is 0 Å². The van der Waals surface area contributed by atoms with Gasteiger partial charge in [-0.1, -0.05) is 17.7 Å². The average Bonchev–Trinajstić information content (AvgIpc) is 1.94. The molecule has 0 unspecified atom stereocenters. The van der Waals surface area contributed by atoms with Gasteiger partial charge in [0, 0.05) is 4.79 Å². The Morgan fingerprint density at radius 1 is 1.36 bits per heavy atom. The quantitative estimate of drug-likeness (QED) is 0.555. The predicted octanol–water partition coefficient (Wildman–Crippen LogP) is 1.17. The van der Waals surface area contributed by atoms with E-state index < -0.39 is 5.97 Å². The number of hydrogen-bond donors (Lipinski definition) is 0. The summed E-state index contributed by atoms with van der Waals surface area (Å²) in [4.78, 5) is 10.7. The van der Waals surface area contributed by atoms with Gasteiger partial charge in [-0.3, -0.25) is 0 Å². The van der Waals surface area contributed by atoms with Crippen molar-refractivity contribution < 1.29 is 9.90 Å². The third kappa shape index (κ3) is 1.58. The Hall–Kier alpha value is -1.31. The molecule has 0 saturated carbocycles. The lowest BCUT2D eigenvalue weighted by atomic mass is 10.1. The summed E-state index contributed by atoms with van der Waals surface area (Å²) in [5.41, 5.74) is 2.40. The van der Waals surface area contributed by atoms with Crippen molar-refractivity contribution in [3.63, 3.8) is 0 Å². The first-order valence-corrected chi connectivity index (χ1v) is 3.44. The summed E-state index contributed by atoms with van der Waals surface area (Å²) in [5.74, 6) is -0.605. The van der Waals surface area contributed by atoms with E-state index in [0.717, 1.165) is 11.1 Å². The van der Waals surface area contributed by atoms with Crippen molar-refractivity contribution in [2.45, 2.75) is 13.8 Å². The van der Waals surface area contributed by atoms with Crippen molar-refractivity contribution in [2.75, 3.05) is 0 Å². The van der Waals surface area contributed by atoms with Crippen molar-refractivity contribution in [1.82, 2.24) is 0 Å². The van der Waals surface area contributed by atoms with Crippen molar-refractivity contribution in [3.05, 3.63) is 34.9 Å². The fourth-order valence-electron chi connectivity index (χ4n) is 0.980. The van der Waals surface area contributed by atoms with Gasteiger partial charge in [0.05, 0.1) is 0 Å². The Balaban J connectivity index is 3.23. The number of carbonyl (C=O) groups is 1. The third-order valence-electron chi connectivity index (χ3n) is 1.64. The van der Waals surface area contributed by atoms with Gasteiger partial charge in [-0.15, -0.1) is 0 Å². The van der Waals surface area contributed by atoms with Crippen LogP contribution in [0.15, 0.2) is 18.2 Å². The van der Waals surface area contributed by atoms with E-state index in [1.54, 1.807) is 6.07 Å². The summed E-state index contributed by atoms with van der Waals surface area (Å²) in [6.07, 6.45) is 0. The van der Waals surface area contributed by atoms with Crippen LogP contribution in [0.1, 0.15) is 21.5 Å². The molecule has 2 nitrogen and oxygen atoms in total. The van der Waals surface area contributed by atoms with Crippen LogP contribution in [0, 0.1) is 13.8 Å². The first kappa shape index (κ1) is 7.79. The van der Waals surface area contributed by atoms with Gasteiger partial charge in [0.25, 0.3) is 0 Å². The molecular formula is C9H11O2+. The van der Waals surface area contributed by atoms with E-state index in [0.29, 0.717) is 5.56 Å². The molecule has 0 aromatic heterocycles. The van der Waals surface area contributed by atoms with Crippen molar-refractivity contribution in [2.24, 2.45) is 0 Å². The van der Waals surface area contributed by atoms with Crippen LogP contribution in [-0.4, -0.2) is 11.1 Å². The number of rotatable bonds is 1. The molecule has 0 fully saturated rings. The van der Waals surface area contributed by atoms with Crippen molar-refractivity contribution >= 4 is 5.97 Å². The molecule has 2 heteroatoms. The Morgan fingerprint density at radius 2 is 2.00 bits per heavy atom. The lowest BCUT2D eigenvalue weighted by Gasteiger charge is -1.96. The molecule has 0 bridgehead atoms. The molecule has 0 spiro atoms. The fourth-order valence-corrected chi connectivity index (χ4v) is 0.980. The minimum absolute atomic E-state index is 0.505. The van der Waals surface area contributed by atoms with E-state index >= 15 is 0 Å². The maximum absolute atomic E-state index is 10.7. The van der Waals surface area contributed by atoms with Crippen LogP contribution in [-0.2, 0) is 0 Å². The molecule has 0 aliphatic rings. The highest BCUT2D eigenvalue weighted by molar-refractivity contribution is 5.89. The molecule has 1 aromatic carbocycles. The molecule has 0 aliphatic carbocycles. The number of hydrogen-bond acceptors (Lipinski definition) is 1. The molecule has 1 aromatic rings. The van der Waals surface area contributed by atoms with E-state index in [1.165, 1.54) is 0 Å². The molecule has 0 saturated heterocycles. The van der Waals surface area contributed by atoms with E-state index in [9.17, 15) is 4.79 Å². The molecule has 2 N–H and O–H groups in total. The van der Waals surface area contributed by atoms with Gasteiger partial charge >= 0.3 is 5.97 Å². The SMILES string of the molecule is Cc1ccc(C)c(C(=O)[OH2+])c1. The van der Waals surface area contributed by atoms with Crippen molar-refractivity contribution in [1.29, 1.82) is 0 Å². The summed E-state index contributed by atoms with van der Waals surface area (Å²) in [6, 6.07) is 5.53. The van der Waals surface area contributed by atoms with Crippen LogP contribution in [0.2, 0.25) is 0 Å². The first-order chi connectivity index (χ1) is 5.11. The molecule has 0 amide bonds. The highest BCUT2D eigenvalue weighted by Gasteiger charge is 2.13. The molecule has 1 rings (SSSR count). The van der Waals surface area contributed by atoms with E-state index in [4.69, 9.17) is 5.11 Å². The zero-order chi connectivity index (χ0) is 8.43. The number of carbonyl (C=O) groups excluding carboxylic acids is 1. The van der Waals surface area contributed by atoms with Gasteiger partial charge in [-0.2, -0.15) is 0 Å². The van der Waals surface area contributed by atoms with Crippen molar-refractivity contribution in [3.8, 4) is 0 Å². The van der Waals surface area contributed by atoms with Crippen LogP contribution in [0.3, 0.4) is 0 Å². The lowest BCUT2D eigenvalue weighted by Crippen LogP contribution is -1.99. The Morgan fingerprint density at radius 3 is 2.45 bits per heavy atom. The maximum Gasteiger partial charge on any atom is 0.549 e. The van der Waals surface area contributed by atoms with Gasteiger partial charge in [-0.05, 0) is 25.5 Å². The fraction of sp³-hybridized carbons (Fsp3) is 0.222. The molecule has 0 radical (unpaired) electrons. The molecule has 0 aliphatic heterocycles. The monoisotopic (exact) mass is 151 g/mol. The average molecular weight is 151 g/mol. The summed E-state index contributed by atoms with van der Waals surface area (Å²) >= 11 is 0. The minimum atomic E-state index is -0.605. The Bertz CT molecular complexity index is 290. The smallest absolute Gasteiger partial charge is 0.549 e. The molecule has 11 heavy (non-hydrogen) atoms.